The minimum absolute atomic E-state index is 0.107. The molecule has 1 aromatic rings. The number of rotatable bonds is 5. The number of nitrogens with zero attached hydrogens (tertiary/aromatic N) is 1. The number of hydrogen-bond acceptors (Lipinski definition) is 2. The molecular weight excluding hydrogens is 224 g/mol. The van der Waals surface area contributed by atoms with Crippen molar-refractivity contribution in [2.45, 2.75) is 37.8 Å². The number of hydrogen-bond donors (Lipinski definition) is 1. The van der Waals surface area contributed by atoms with Crippen LogP contribution in [0.2, 0.25) is 0 Å². The Morgan fingerprint density at radius 1 is 1.22 bits per heavy atom. The van der Waals surface area contributed by atoms with E-state index in [4.69, 9.17) is 5.73 Å². The van der Waals surface area contributed by atoms with E-state index in [-0.39, 0.29) is 5.91 Å². The average molecular weight is 244 g/mol. The first-order chi connectivity index (χ1) is 8.75. The molecule has 2 fully saturated rings. The third kappa shape index (κ3) is 2.56. The second-order valence-corrected chi connectivity index (χ2v) is 5.55. The molecule has 0 saturated heterocycles. The molecule has 0 heterocycles. The molecule has 2 N–H and O–H groups in total. The van der Waals surface area contributed by atoms with E-state index in [2.05, 4.69) is 0 Å². The molecule has 1 aromatic carbocycles. The molecule has 18 heavy (non-hydrogen) atoms. The third-order valence-electron chi connectivity index (χ3n) is 3.85. The number of carbonyl (C=O) groups is 1. The molecule has 3 heteroatoms. The van der Waals surface area contributed by atoms with Crippen molar-refractivity contribution < 1.29 is 4.79 Å². The molecular formula is C15H20N2O. The Morgan fingerprint density at radius 3 is 2.44 bits per heavy atom. The van der Waals surface area contributed by atoms with E-state index >= 15 is 0 Å². The molecule has 1 atom stereocenters. The Bertz CT molecular complexity index is 423. The van der Waals surface area contributed by atoms with Crippen LogP contribution < -0.4 is 5.73 Å². The smallest absolute Gasteiger partial charge is 0.244 e. The van der Waals surface area contributed by atoms with Crippen molar-refractivity contribution in [3.63, 3.8) is 0 Å². The van der Waals surface area contributed by atoms with E-state index in [1.165, 1.54) is 12.8 Å². The van der Waals surface area contributed by atoms with E-state index in [0.717, 1.165) is 30.9 Å². The lowest BCUT2D eigenvalue weighted by Crippen LogP contribution is -2.41. The second kappa shape index (κ2) is 4.73. The van der Waals surface area contributed by atoms with Crippen molar-refractivity contribution in [2.75, 3.05) is 6.54 Å². The van der Waals surface area contributed by atoms with Crippen LogP contribution in [0.5, 0.6) is 0 Å². The van der Waals surface area contributed by atoms with Crippen LogP contribution in [0.25, 0.3) is 0 Å². The molecule has 0 radical (unpaired) electrons. The zero-order chi connectivity index (χ0) is 12.5. The number of benzene rings is 1. The van der Waals surface area contributed by atoms with Gasteiger partial charge < -0.3 is 10.6 Å². The zero-order valence-corrected chi connectivity index (χ0v) is 10.6. The third-order valence-corrected chi connectivity index (χ3v) is 3.85. The highest BCUT2D eigenvalue weighted by Gasteiger charge is 2.38. The lowest BCUT2D eigenvalue weighted by Gasteiger charge is -2.25. The van der Waals surface area contributed by atoms with Crippen LogP contribution in [-0.4, -0.2) is 23.4 Å². The van der Waals surface area contributed by atoms with Crippen LogP contribution in [0.1, 0.15) is 37.3 Å². The van der Waals surface area contributed by atoms with E-state index in [9.17, 15) is 4.79 Å². The van der Waals surface area contributed by atoms with Crippen molar-refractivity contribution in [1.29, 1.82) is 0 Å². The standard InChI is InChI=1S/C15H20N2O/c16-14(12-4-2-1-3-5-12)15(18)17(13-8-9-13)10-11-6-7-11/h1-5,11,13-14H,6-10,16H2/t14-/m1/s1. The van der Waals surface area contributed by atoms with E-state index < -0.39 is 6.04 Å². The predicted octanol–water partition coefficient (Wildman–Crippen LogP) is 2.09. The van der Waals surface area contributed by atoms with Gasteiger partial charge in [-0.3, -0.25) is 4.79 Å². The monoisotopic (exact) mass is 244 g/mol. The van der Waals surface area contributed by atoms with Crippen molar-refractivity contribution in [3.8, 4) is 0 Å². The van der Waals surface area contributed by atoms with Gasteiger partial charge in [-0.1, -0.05) is 30.3 Å². The van der Waals surface area contributed by atoms with Gasteiger partial charge in [-0.05, 0) is 37.2 Å². The summed E-state index contributed by atoms with van der Waals surface area (Å²) >= 11 is 0. The molecule has 3 nitrogen and oxygen atoms in total. The second-order valence-electron chi connectivity index (χ2n) is 5.55. The summed E-state index contributed by atoms with van der Waals surface area (Å²) in [5, 5.41) is 0. The van der Waals surface area contributed by atoms with Crippen LogP contribution in [0.15, 0.2) is 30.3 Å². The van der Waals surface area contributed by atoms with Gasteiger partial charge in [0.1, 0.15) is 6.04 Å². The summed E-state index contributed by atoms with van der Waals surface area (Å²) in [7, 11) is 0. The highest BCUT2D eigenvalue weighted by Crippen LogP contribution is 2.35. The molecule has 1 amide bonds. The van der Waals surface area contributed by atoms with Gasteiger partial charge in [-0.2, -0.15) is 0 Å². The van der Waals surface area contributed by atoms with Gasteiger partial charge in [0.15, 0.2) is 0 Å². The van der Waals surface area contributed by atoms with Gasteiger partial charge in [0.25, 0.3) is 0 Å². The fourth-order valence-corrected chi connectivity index (χ4v) is 2.37. The van der Waals surface area contributed by atoms with E-state index in [1.807, 2.05) is 35.2 Å². The molecule has 2 aliphatic rings. The fourth-order valence-electron chi connectivity index (χ4n) is 2.37. The lowest BCUT2D eigenvalue weighted by molar-refractivity contribution is -0.133. The van der Waals surface area contributed by atoms with Crippen molar-refractivity contribution >= 4 is 5.91 Å². The van der Waals surface area contributed by atoms with Crippen molar-refractivity contribution in [2.24, 2.45) is 11.7 Å². The number of carbonyl (C=O) groups excluding carboxylic acids is 1. The summed E-state index contributed by atoms with van der Waals surface area (Å²) in [6.07, 6.45) is 4.86. The van der Waals surface area contributed by atoms with Crippen LogP contribution in [0.4, 0.5) is 0 Å². The van der Waals surface area contributed by atoms with Crippen LogP contribution >= 0.6 is 0 Å². The average Bonchev–Trinajstić information content (AvgIpc) is 3.28. The topological polar surface area (TPSA) is 46.3 Å². The maximum atomic E-state index is 12.5. The Kier molecular flexibility index (Phi) is 3.08. The van der Waals surface area contributed by atoms with Crippen molar-refractivity contribution in [1.82, 2.24) is 4.90 Å². The normalized spacial score (nSPS) is 20.5. The zero-order valence-electron chi connectivity index (χ0n) is 10.6. The van der Waals surface area contributed by atoms with Gasteiger partial charge in [-0.25, -0.2) is 0 Å². The summed E-state index contributed by atoms with van der Waals surface area (Å²) in [4.78, 5) is 14.5. The predicted molar refractivity (Wildman–Crippen MR) is 70.8 cm³/mol. The summed E-state index contributed by atoms with van der Waals surface area (Å²) in [5.74, 6) is 0.841. The molecule has 0 bridgehead atoms. The summed E-state index contributed by atoms with van der Waals surface area (Å²) in [5.41, 5.74) is 7.03. The van der Waals surface area contributed by atoms with Gasteiger partial charge >= 0.3 is 0 Å². The van der Waals surface area contributed by atoms with Gasteiger partial charge in [0.2, 0.25) is 5.91 Å². The molecule has 0 unspecified atom stereocenters. The Morgan fingerprint density at radius 2 is 1.89 bits per heavy atom. The quantitative estimate of drug-likeness (QED) is 0.862. The first kappa shape index (κ1) is 11.7. The van der Waals surface area contributed by atoms with Gasteiger partial charge in [0, 0.05) is 12.6 Å². The fraction of sp³-hybridized carbons (Fsp3) is 0.533. The van der Waals surface area contributed by atoms with Crippen LogP contribution in [0.3, 0.4) is 0 Å². The molecule has 0 aliphatic heterocycles. The van der Waals surface area contributed by atoms with Crippen LogP contribution in [-0.2, 0) is 4.79 Å². The molecule has 3 rings (SSSR count). The minimum atomic E-state index is -0.495. The summed E-state index contributed by atoms with van der Waals surface area (Å²) in [6, 6.07) is 9.66. The molecule has 2 saturated carbocycles. The first-order valence-corrected chi connectivity index (χ1v) is 6.86. The molecule has 96 valence electrons. The summed E-state index contributed by atoms with van der Waals surface area (Å²) < 4.78 is 0. The first-order valence-electron chi connectivity index (χ1n) is 6.86. The molecule has 2 aliphatic carbocycles. The largest absolute Gasteiger partial charge is 0.338 e. The molecule has 0 spiro atoms. The Hall–Kier alpha value is -1.35. The maximum absolute atomic E-state index is 12.5. The van der Waals surface area contributed by atoms with Gasteiger partial charge in [-0.15, -0.1) is 0 Å². The number of nitrogens with two attached hydrogens (primary N) is 1. The maximum Gasteiger partial charge on any atom is 0.244 e. The van der Waals surface area contributed by atoms with Crippen molar-refractivity contribution in [3.05, 3.63) is 35.9 Å². The highest BCUT2D eigenvalue weighted by atomic mass is 16.2. The highest BCUT2D eigenvalue weighted by molar-refractivity contribution is 5.83. The Balaban J connectivity index is 1.70. The van der Waals surface area contributed by atoms with E-state index in [1.54, 1.807) is 0 Å². The van der Waals surface area contributed by atoms with Gasteiger partial charge in [0.05, 0.1) is 0 Å². The minimum Gasteiger partial charge on any atom is -0.338 e. The Labute approximate surface area is 108 Å². The van der Waals surface area contributed by atoms with E-state index in [0.29, 0.717) is 6.04 Å². The van der Waals surface area contributed by atoms with Crippen LogP contribution in [0, 0.1) is 5.92 Å². The SMILES string of the molecule is N[C@@H](C(=O)N(CC1CC1)C1CC1)c1ccccc1. The number of amides is 1. The summed E-state index contributed by atoms with van der Waals surface area (Å²) in [6.45, 7) is 0.921. The lowest BCUT2D eigenvalue weighted by atomic mass is 10.1. The molecule has 0 aromatic heterocycles.